The average molecular weight is 426 g/mol. The molecule has 0 saturated heterocycles. The summed E-state index contributed by atoms with van der Waals surface area (Å²) in [4.78, 5) is 14.3. The number of amides is 1. The van der Waals surface area contributed by atoms with Crippen LogP contribution in [0.2, 0.25) is 0 Å². The molecule has 2 aliphatic heterocycles. The maximum Gasteiger partial charge on any atom is 0.302 e. The number of carbonyl (C=O) groups is 1. The Morgan fingerprint density at radius 1 is 1.13 bits per heavy atom. The number of carbonyl (C=O) groups excluding carboxylic acids is 1. The van der Waals surface area contributed by atoms with Gasteiger partial charge in [-0.15, -0.1) is 0 Å². The smallest absolute Gasteiger partial charge is 0.302 e. The second-order valence-corrected chi connectivity index (χ2v) is 9.05. The molecule has 4 rings (SSSR count). The van der Waals surface area contributed by atoms with Crippen LogP contribution in [0.25, 0.3) is 0 Å². The first kappa shape index (κ1) is 20.1. The van der Waals surface area contributed by atoms with Crippen molar-refractivity contribution in [2.75, 3.05) is 13.1 Å². The molecule has 0 radical (unpaired) electrons. The molecule has 156 valence electrons. The Kier molecular flexibility index (Phi) is 5.31. The minimum atomic E-state index is -3.83. The summed E-state index contributed by atoms with van der Waals surface area (Å²) in [7, 11) is -3.83. The minimum Gasteiger partial charge on any atom is -0.384 e. The van der Waals surface area contributed by atoms with Gasteiger partial charge >= 0.3 is 10.2 Å². The van der Waals surface area contributed by atoms with Crippen LogP contribution in [0.4, 0.5) is 0 Å². The molecule has 0 fully saturated rings. The van der Waals surface area contributed by atoms with Crippen LogP contribution in [0.1, 0.15) is 22.3 Å². The normalized spacial score (nSPS) is 16.9. The van der Waals surface area contributed by atoms with E-state index in [-0.39, 0.29) is 24.0 Å². The lowest BCUT2D eigenvalue weighted by atomic mass is 10.0. The molecule has 0 spiro atoms. The Labute approximate surface area is 175 Å². The van der Waals surface area contributed by atoms with Gasteiger partial charge in [0.05, 0.1) is 0 Å². The minimum absolute atomic E-state index is 0.0423. The maximum atomic E-state index is 12.8. The molecule has 30 heavy (non-hydrogen) atoms. The molecule has 0 bridgehead atoms. The number of rotatable bonds is 6. The number of amidine groups is 1. The third-order valence-electron chi connectivity index (χ3n) is 5.32. The topological polar surface area (TPSA) is 120 Å². The lowest BCUT2D eigenvalue weighted by Gasteiger charge is -2.28. The van der Waals surface area contributed by atoms with E-state index in [4.69, 9.17) is 11.1 Å². The van der Waals surface area contributed by atoms with Crippen LogP contribution in [0, 0.1) is 5.41 Å². The third kappa shape index (κ3) is 4.07. The van der Waals surface area contributed by atoms with E-state index in [0.29, 0.717) is 31.6 Å². The number of nitrogens with two attached hydrogens (primary N) is 1. The summed E-state index contributed by atoms with van der Waals surface area (Å²) in [5.74, 6) is -0.413. The highest BCUT2D eigenvalue weighted by molar-refractivity contribution is 7.87. The molecule has 0 unspecified atom stereocenters. The molecule has 4 N–H and O–H groups in total. The van der Waals surface area contributed by atoms with E-state index in [2.05, 4.69) is 4.72 Å². The highest BCUT2D eigenvalue weighted by atomic mass is 32.2. The molecular formula is C21H23N5O3S. The SMILES string of the molecule is N=C(N)c1cccc(CN2CC=C(NS(=O)(=O)N3CCc4ccccc4C3)C2=O)c1. The van der Waals surface area contributed by atoms with Crippen LogP contribution >= 0.6 is 0 Å². The van der Waals surface area contributed by atoms with Crippen molar-refractivity contribution in [1.29, 1.82) is 5.41 Å². The fourth-order valence-electron chi connectivity index (χ4n) is 3.70. The van der Waals surface area contributed by atoms with Crippen LogP contribution in [0.3, 0.4) is 0 Å². The zero-order valence-corrected chi connectivity index (χ0v) is 17.2. The summed E-state index contributed by atoms with van der Waals surface area (Å²) in [6.45, 7) is 1.27. The number of benzene rings is 2. The van der Waals surface area contributed by atoms with Gasteiger partial charge in [-0.05, 0) is 35.3 Å². The van der Waals surface area contributed by atoms with Gasteiger partial charge in [0.25, 0.3) is 5.91 Å². The summed E-state index contributed by atoms with van der Waals surface area (Å²) in [5.41, 5.74) is 9.12. The van der Waals surface area contributed by atoms with Gasteiger partial charge in [-0.3, -0.25) is 14.9 Å². The van der Waals surface area contributed by atoms with Crippen LogP contribution in [0.5, 0.6) is 0 Å². The van der Waals surface area contributed by atoms with Crippen LogP contribution in [-0.4, -0.2) is 42.5 Å². The van der Waals surface area contributed by atoms with E-state index in [1.807, 2.05) is 30.3 Å². The Hall–Kier alpha value is -3.17. The standard InChI is InChI=1S/C21H23N5O3S/c22-20(23)17-7-3-4-15(12-17)13-25-10-9-19(21(25)27)24-30(28,29)26-11-8-16-5-1-2-6-18(16)14-26/h1-7,9,12,24H,8,10-11,13-14H2,(H3,22,23). The van der Waals surface area contributed by atoms with Gasteiger partial charge in [0.1, 0.15) is 11.5 Å². The Balaban J connectivity index is 1.42. The Morgan fingerprint density at radius 3 is 2.67 bits per heavy atom. The molecule has 2 aromatic carbocycles. The first-order chi connectivity index (χ1) is 14.3. The van der Waals surface area contributed by atoms with Crippen molar-refractivity contribution in [3.05, 3.63) is 82.6 Å². The Bertz CT molecular complexity index is 1140. The van der Waals surface area contributed by atoms with Crippen LogP contribution in [-0.2, 0) is 34.5 Å². The number of hydrogen-bond acceptors (Lipinski definition) is 4. The Morgan fingerprint density at radius 2 is 1.90 bits per heavy atom. The molecular weight excluding hydrogens is 402 g/mol. The van der Waals surface area contributed by atoms with Crippen molar-refractivity contribution in [2.24, 2.45) is 5.73 Å². The first-order valence-corrected chi connectivity index (χ1v) is 11.0. The summed E-state index contributed by atoms with van der Waals surface area (Å²) in [5, 5.41) is 7.54. The molecule has 0 aliphatic carbocycles. The number of nitrogen functional groups attached to an aromatic ring is 1. The largest absolute Gasteiger partial charge is 0.384 e. The predicted molar refractivity (Wildman–Crippen MR) is 114 cm³/mol. The lowest BCUT2D eigenvalue weighted by molar-refractivity contribution is -0.126. The summed E-state index contributed by atoms with van der Waals surface area (Å²) < 4.78 is 29.5. The van der Waals surface area contributed by atoms with Crippen molar-refractivity contribution >= 4 is 22.0 Å². The fraction of sp³-hybridized carbons (Fsp3) is 0.238. The monoisotopic (exact) mass is 425 g/mol. The van der Waals surface area contributed by atoms with Gasteiger partial charge in [0.2, 0.25) is 0 Å². The van der Waals surface area contributed by atoms with Crippen molar-refractivity contribution in [3.8, 4) is 0 Å². The molecule has 8 nitrogen and oxygen atoms in total. The summed E-state index contributed by atoms with van der Waals surface area (Å²) >= 11 is 0. The highest BCUT2D eigenvalue weighted by Gasteiger charge is 2.32. The van der Waals surface area contributed by atoms with Crippen molar-refractivity contribution in [2.45, 2.75) is 19.5 Å². The van der Waals surface area contributed by atoms with Gasteiger partial charge < -0.3 is 10.6 Å². The molecule has 2 aliphatic rings. The maximum absolute atomic E-state index is 12.8. The lowest BCUT2D eigenvalue weighted by Crippen LogP contribution is -2.44. The van der Waals surface area contributed by atoms with Gasteiger partial charge in [0.15, 0.2) is 0 Å². The molecule has 9 heteroatoms. The highest BCUT2D eigenvalue weighted by Crippen LogP contribution is 2.22. The molecule has 2 heterocycles. The zero-order chi connectivity index (χ0) is 21.3. The van der Waals surface area contributed by atoms with E-state index in [1.165, 1.54) is 4.31 Å². The molecule has 0 saturated carbocycles. The molecule has 0 atom stereocenters. The molecule has 1 amide bonds. The third-order valence-corrected chi connectivity index (χ3v) is 6.79. The van der Waals surface area contributed by atoms with E-state index in [1.54, 1.807) is 29.2 Å². The predicted octanol–water partition coefficient (Wildman–Crippen LogP) is 1.09. The second kappa shape index (κ2) is 7.92. The van der Waals surface area contributed by atoms with Gasteiger partial charge in [-0.1, -0.05) is 42.5 Å². The summed E-state index contributed by atoms with van der Waals surface area (Å²) in [6.07, 6.45) is 2.23. The number of nitrogens with zero attached hydrogens (tertiary/aromatic N) is 2. The summed E-state index contributed by atoms with van der Waals surface area (Å²) in [6, 6.07) is 14.9. The van der Waals surface area contributed by atoms with E-state index in [0.717, 1.165) is 16.7 Å². The van der Waals surface area contributed by atoms with Crippen molar-refractivity contribution in [3.63, 3.8) is 0 Å². The van der Waals surface area contributed by atoms with E-state index in [9.17, 15) is 13.2 Å². The fourth-order valence-corrected chi connectivity index (χ4v) is 4.92. The van der Waals surface area contributed by atoms with Gasteiger partial charge in [0, 0.05) is 31.7 Å². The number of nitrogens with one attached hydrogen (secondary N) is 2. The van der Waals surface area contributed by atoms with Gasteiger partial charge in [-0.25, -0.2) is 0 Å². The van der Waals surface area contributed by atoms with Crippen molar-refractivity contribution < 1.29 is 13.2 Å². The van der Waals surface area contributed by atoms with E-state index >= 15 is 0 Å². The second-order valence-electron chi connectivity index (χ2n) is 7.38. The van der Waals surface area contributed by atoms with Crippen LogP contribution in [0.15, 0.2) is 60.3 Å². The van der Waals surface area contributed by atoms with Crippen molar-refractivity contribution in [1.82, 2.24) is 13.9 Å². The quantitative estimate of drug-likeness (QED) is 0.474. The van der Waals surface area contributed by atoms with E-state index < -0.39 is 10.2 Å². The van der Waals surface area contributed by atoms with Crippen LogP contribution < -0.4 is 10.5 Å². The van der Waals surface area contributed by atoms with Gasteiger partial charge in [-0.2, -0.15) is 12.7 Å². The zero-order valence-electron chi connectivity index (χ0n) is 16.3. The first-order valence-electron chi connectivity index (χ1n) is 9.61. The molecule has 0 aromatic heterocycles. The molecule has 2 aromatic rings. The number of hydrogen-bond donors (Lipinski definition) is 3. The number of fused-ring (bicyclic) bond motifs is 1. The average Bonchev–Trinajstić information content (AvgIpc) is 3.06.